The van der Waals surface area contributed by atoms with Crippen molar-refractivity contribution in [3.05, 3.63) is 0 Å². The van der Waals surface area contributed by atoms with Crippen molar-refractivity contribution in [3.8, 4) is 0 Å². The Morgan fingerprint density at radius 1 is 1.27 bits per heavy atom. The van der Waals surface area contributed by atoms with Gasteiger partial charge in [-0.3, -0.25) is 14.4 Å². The van der Waals surface area contributed by atoms with Crippen LogP contribution in [0.1, 0.15) is 32.6 Å². The van der Waals surface area contributed by atoms with Gasteiger partial charge in [-0.25, -0.2) is 0 Å². The van der Waals surface area contributed by atoms with Crippen LogP contribution in [0.25, 0.3) is 0 Å². The zero-order chi connectivity index (χ0) is 16.5. The molecule has 2 amide bonds. The van der Waals surface area contributed by atoms with E-state index in [1.807, 2.05) is 0 Å². The quantitative estimate of drug-likeness (QED) is 0.753. The van der Waals surface area contributed by atoms with E-state index in [2.05, 4.69) is 11.8 Å². The van der Waals surface area contributed by atoms with E-state index in [1.165, 1.54) is 25.9 Å². The molecule has 2 heterocycles. The molecule has 7 nitrogen and oxygen atoms in total. The van der Waals surface area contributed by atoms with Gasteiger partial charge in [-0.2, -0.15) is 0 Å². The maximum absolute atomic E-state index is 12.1. The Morgan fingerprint density at radius 2 is 1.86 bits per heavy atom. The molecule has 2 aliphatic heterocycles. The molecule has 2 saturated heterocycles. The molecule has 0 radical (unpaired) electrons. The maximum Gasteiger partial charge on any atom is 0.290 e. The minimum Gasteiger partial charge on any atom is -0.483 e. The number of carbonyl (C=O) groups is 3. The van der Waals surface area contributed by atoms with E-state index in [0.717, 1.165) is 6.42 Å². The van der Waals surface area contributed by atoms with Gasteiger partial charge in [0.2, 0.25) is 11.8 Å². The largest absolute Gasteiger partial charge is 0.483 e. The van der Waals surface area contributed by atoms with E-state index >= 15 is 0 Å². The third-order valence-corrected chi connectivity index (χ3v) is 4.35. The number of rotatable bonds is 4. The molecular weight excluding hydrogens is 286 g/mol. The third kappa shape index (κ3) is 5.63. The minimum absolute atomic E-state index is 0.0483. The summed E-state index contributed by atoms with van der Waals surface area (Å²) < 4.78 is 0. The Labute approximate surface area is 131 Å². The van der Waals surface area contributed by atoms with Crippen molar-refractivity contribution in [2.75, 3.05) is 39.8 Å². The van der Waals surface area contributed by atoms with Crippen LogP contribution in [0.2, 0.25) is 0 Å². The number of likely N-dealkylation sites (tertiary alicyclic amines) is 1. The van der Waals surface area contributed by atoms with Crippen molar-refractivity contribution >= 4 is 18.3 Å². The summed E-state index contributed by atoms with van der Waals surface area (Å²) in [7, 11) is 1.79. The molecule has 0 bridgehead atoms. The van der Waals surface area contributed by atoms with Crippen LogP contribution in [-0.2, 0) is 14.4 Å². The van der Waals surface area contributed by atoms with Gasteiger partial charge >= 0.3 is 0 Å². The van der Waals surface area contributed by atoms with E-state index in [1.54, 1.807) is 16.8 Å². The van der Waals surface area contributed by atoms with Gasteiger partial charge in [-0.05, 0) is 39.3 Å². The predicted molar refractivity (Wildman–Crippen MR) is 82.4 cm³/mol. The van der Waals surface area contributed by atoms with Gasteiger partial charge in [0.1, 0.15) is 0 Å². The second-order valence-electron chi connectivity index (χ2n) is 5.87. The van der Waals surface area contributed by atoms with Crippen molar-refractivity contribution in [1.29, 1.82) is 0 Å². The normalized spacial score (nSPS) is 20.4. The molecule has 1 atom stereocenters. The molecule has 22 heavy (non-hydrogen) atoms. The number of carboxylic acid groups (broad SMARTS) is 1. The molecule has 1 N–H and O–H groups in total. The van der Waals surface area contributed by atoms with Crippen LogP contribution in [0.3, 0.4) is 0 Å². The van der Waals surface area contributed by atoms with E-state index in [4.69, 9.17) is 9.90 Å². The lowest BCUT2D eigenvalue weighted by Crippen LogP contribution is -2.50. The lowest BCUT2D eigenvalue weighted by molar-refractivity contribution is -0.144. The number of nitrogens with zero attached hydrogens (tertiary/aromatic N) is 3. The van der Waals surface area contributed by atoms with Crippen LogP contribution in [0, 0.1) is 0 Å². The summed E-state index contributed by atoms with van der Waals surface area (Å²) >= 11 is 0. The van der Waals surface area contributed by atoms with Gasteiger partial charge in [0.25, 0.3) is 6.47 Å². The topological polar surface area (TPSA) is 81.2 Å². The standard InChI is InChI=1S/C14H25N3O2.CH2O2/c1-12(16-7-3-4-8-16)5-6-13(18)17-10-9-15(2)14(19)11-17;2-1-3/h12H,3-11H2,1-2H3;1H,(H,2,3). The highest BCUT2D eigenvalue weighted by atomic mass is 16.3. The summed E-state index contributed by atoms with van der Waals surface area (Å²) in [4.78, 5) is 37.9. The maximum atomic E-state index is 12.1. The number of likely N-dealkylation sites (N-methyl/N-ethyl adjacent to an activating group) is 1. The zero-order valence-electron chi connectivity index (χ0n) is 13.5. The van der Waals surface area contributed by atoms with Crippen LogP contribution >= 0.6 is 0 Å². The lowest BCUT2D eigenvalue weighted by atomic mass is 10.1. The highest BCUT2D eigenvalue weighted by molar-refractivity contribution is 5.85. The molecule has 2 fully saturated rings. The van der Waals surface area contributed by atoms with E-state index in [0.29, 0.717) is 25.6 Å². The number of hydrogen-bond acceptors (Lipinski definition) is 4. The number of hydrogen-bond donors (Lipinski definition) is 1. The van der Waals surface area contributed by atoms with Gasteiger partial charge in [0.05, 0.1) is 6.54 Å². The SMILES string of the molecule is CC(CCC(=O)N1CCN(C)C(=O)C1)N1CCCC1.O=CO. The molecular formula is C15H27N3O4. The summed E-state index contributed by atoms with van der Waals surface area (Å²) in [6, 6.07) is 0.481. The third-order valence-electron chi connectivity index (χ3n) is 4.35. The summed E-state index contributed by atoms with van der Waals surface area (Å²) in [5.74, 6) is 0.180. The number of carbonyl (C=O) groups excluding carboxylic acids is 2. The molecule has 1 unspecified atom stereocenters. The van der Waals surface area contributed by atoms with Crippen LogP contribution in [-0.4, -0.2) is 83.9 Å². The van der Waals surface area contributed by atoms with Crippen molar-refractivity contribution in [2.24, 2.45) is 0 Å². The minimum atomic E-state index is -0.250. The Balaban J connectivity index is 0.000000745. The summed E-state index contributed by atoms with van der Waals surface area (Å²) in [6.07, 6.45) is 4.03. The van der Waals surface area contributed by atoms with Crippen LogP contribution in [0.15, 0.2) is 0 Å². The Kier molecular flexibility index (Phi) is 7.87. The second-order valence-corrected chi connectivity index (χ2v) is 5.87. The highest BCUT2D eigenvalue weighted by Gasteiger charge is 2.25. The second kappa shape index (κ2) is 9.40. The van der Waals surface area contributed by atoms with Crippen molar-refractivity contribution in [3.63, 3.8) is 0 Å². The predicted octanol–water partition coefficient (Wildman–Crippen LogP) is 0.252. The average molecular weight is 313 g/mol. The average Bonchev–Trinajstić information content (AvgIpc) is 3.02. The molecule has 0 aromatic carbocycles. The molecule has 0 aromatic rings. The first-order valence-corrected chi connectivity index (χ1v) is 7.83. The van der Waals surface area contributed by atoms with E-state index in [9.17, 15) is 9.59 Å². The van der Waals surface area contributed by atoms with E-state index < -0.39 is 0 Å². The Morgan fingerprint density at radius 3 is 2.41 bits per heavy atom. The molecule has 2 rings (SSSR count). The molecule has 126 valence electrons. The summed E-state index contributed by atoms with van der Waals surface area (Å²) in [6.45, 7) is 5.89. The molecule has 0 aromatic heterocycles. The first-order chi connectivity index (χ1) is 10.5. The van der Waals surface area contributed by atoms with Crippen molar-refractivity contribution in [2.45, 2.75) is 38.6 Å². The summed E-state index contributed by atoms with van der Waals surface area (Å²) in [5, 5.41) is 6.89. The lowest BCUT2D eigenvalue weighted by Gasteiger charge is -2.32. The first kappa shape index (κ1) is 18.4. The molecule has 7 heteroatoms. The van der Waals surface area contributed by atoms with Crippen LogP contribution in [0.5, 0.6) is 0 Å². The monoisotopic (exact) mass is 313 g/mol. The molecule has 0 spiro atoms. The number of amides is 2. The van der Waals surface area contributed by atoms with E-state index in [-0.39, 0.29) is 24.8 Å². The fraction of sp³-hybridized carbons (Fsp3) is 0.800. The fourth-order valence-electron chi connectivity index (χ4n) is 2.83. The van der Waals surface area contributed by atoms with Gasteiger partial charge in [-0.15, -0.1) is 0 Å². The van der Waals surface area contributed by atoms with Crippen molar-refractivity contribution < 1.29 is 19.5 Å². The smallest absolute Gasteiger partial charge is 0.290 e. The van der Waals surface area contributed by atoms with Gasteiger partial charge in [-0.1, -0.05) is 0 Å². The van der Waals surface area contributed by atoms with Gasteiger partial charge in [0.15, 0.2) is 0 Å². The number of piperazine rings is 1. The molecule has 2 aliphatic rings. The Hall–Kier alpha value is -1.63. The molecule has 0 aliphatic carbocycles. The van der Waals surface area contributed by atoms with Gasteiger partial charge in [0, 0.05) is 32.6 Å². The first-order valence-electron chi connectivity index (χ1n) is 7.83. The highest BCUT2D eigenvalue weighted by Crippen LogP contribution is 2.15. The van der Waals surface area contributed by atoms with Gasteiger partial charge < -0.3 is 19.8 Å². The summed E-state index contributed by atoms with van der Waals surface area (Å²) in [5.41, 5.74) is 0. The zero-order valence-corrected chi connectivity index (χ0v) is 13.5. The van der Waals surface area contributed by atoms with Crippen LogP contribution < -0.4 is 0 Å². The molecule has 0 saturated carbocycles. The Bertz CT molecular complexity index is 383. The van der Waals surface area contributed by atoms with Crippen LogP contribution in [0.4, 0.5) is 0 Å². The van der Waals surface area contributed by atoms with Crippen molar-refractivity contribution in [1.82, 2.24) is 14.7 Å². The fourth-order valence-corrected chi connectivity index (χ4v) is 2.83.